The van der Waals surface area contributed by atoms with E-state index in [1.807, 2.05) is 0 Å². The van der Waals surface area contributed by atoms with E-state index in [1.165, 1.54) is 0 Å². The third-order valence-electron chi connectivity index (χ3n) is 1.64. The van der Waals surface area contributed by atoms with Crippen LogP contribution in [0.4, 0.5) is 0 Å². The minimum atomic E-state index is 0.730. The van der Waals surface area contributed by atoms with Crippen molar-refractivity contribution in [1.82, 2.24) is 21.7 Å². The van der Waals surface area contributed by atoms with E-state index >= 15 is 0 Å². The Labute approximate surface area is 86.1 Å². The molecule has 0 amide bonds. The van der Waals surface area contributed by atoms with E-state index < -0.39 is 0 Å². The standard InChI is InChI=1S/C8H24N6/c9-3-1-5-11-13-7-8-14-12-6-2-4-10/h11-14H,1-10H2. The fraction of sp³-hybridized carbons (Fsp3) is 1.00. The highest BCUT2D eigenvalue weighted by atomic mass is 15.4. The van der Waals surface area contributed by atoms with Crippen LogP contribution in [0, 0.1) is 0 Å². The molecule has 0 atom stereocenters. The zero-order valence-corrected chi connectivity index (χ0v) is 8.81. The van der Waals surface area contributed by atoms with E-state index in [1.54, 1.807) is 0 Å². The first-order valence-electron chi connectivity index (χ1n) is 5.23. The lowest BCUT2D eigenvalue weighted by molar-refractivity contribution is 0.469. The van der Waals surface area contributed by atoms with Crippen LogP contribution in [0.3, 0.4) is 0 Å². The van der Waals surface area contributed by atoms with Crippen molar-refractivity contribution in [3.05, 3.63) is 0 Å². The number of hydrogen-bond acceptors (Lipinski definition) is 6. The highest BCUT2D eigenvalue weighted by Gasteiger charge is 1.86. The van der Waals surface area contributed by atoms with Crippen molar-refractivity contribution in [2.24, 2.45) is 11.5 Å². The van der Waals surface area contributed by atoms with E-state index in [9.17, 15) is 0 Å². The molecule has 86 valence electrons. The van der Waals surface area contributed by atoms with Gasteiger partial charge in [-0.05, 0) is 25.9 Å². The molecule has 0 fully saturated rings. The molecule has 6 nitrogen and oxygen atoms in total. The molecule has 0 aromatic rings. The van der Waals surface area contributed by atoms with Crippen LogP contribution in [-0.4, -0.2) is 39.3 Å². The molecule has 14 heavy (non-hydrogen) atoms. The summed E-state index contributed by atoms with van der Waals surface area (Å²) in [5, 5.41) is 0. The van der Waals surface area contributed by atoms with Crippen molar-refractivity contribution < 1.29 is 0 Å². The maximum atomic E-state index is 5.34. The maximum absolute atomic E-state index is 5.34. The largest absolute Gasteiger partial charge is 0.330 e. The average Bonchev–Trinajstić information content (AvgIpc) is 2.21. The van der Waals surface area contributed by atoms with Gasteiger partial charge in [0.25, 0.3) is 0 Å². The Hall–Kier alpha value is -0.240. The molecular formula is C8H24N6. The number of hydrazine groups is 2. The van der Waals surface area contributed by atoms with Gasteiger partial charge in [0.05, 0.1) is 0 Å². The van der Waals surface area contributed by atoms with E-state index in [0.717, 1.165) is 52.1 Å². The molecule has 0 spiro atoms. The number of nitrogens with one attached hydrogen (secondary N) is 4. The molecular weight excluding hydrogens is 180 g/mol. The first kappa shape index (κ1) is 13.8. The molecule has 0 aromatic carbocycles. The van der Waals surface area contributed by atoms with E-state index in [2.05, 4.69) is 21.7 Å². The Balaban J connectivity index is 2.78. The van der Waals surface area contributed by atoms with E-state index in [0.29, 0.717) is 0 Å². The Morgan fingerprint density at radius 2 is 0.929 bits per heavy atom. The molecule has 0 heterocycles. The number of rotatable bonds is 11. The first-order chi connectivity index (χ1) is 6.91. The smallest absolute Gasteiger partial charge is 0.0239 e. The Morgan fingerprint density at radius 3 is 1.29 bits per heavy atom. The normalized spacial score (nSPS) is 10.7. The van der Waals surface area contributed by atoms with Gasteiger partial charge in [-0.15, -0.1) is 0 Å². The fourth-order valence-electron chi connectivity index (χ4n) is 0.859. The summed E-state index contributed by atoms with van der Waals surface area (Å²) in [5.74, 6) is 0. The average molecular weight is 204 g/mol. The molecule has 0 aliphatic carbocycles. The van der Waals surface area contributed by atoms with Crippen molar-refractivity contribution >= 4 is 0 Å². The van der Waals surface area contributed by atoms with Gasteiger partial charge in [0.15, 0.2) is 0 Å². The summed E-state index contributed by atoms with van der Waals surface area (Å²) in [6.45, 7) is 5.04. The van der Waals surface area contributed by atoms with Crippen molar-refractivity contribution in [1.29, 1.82) is 0 Å². The molecule has 8 N–H and O–H groups in total. The maximum Gasteiger partial charge on any atom is 0.0239 e. The van der Waals surface area contributed by atoms with Crippen molar-refractivity contribution in [2.45, 2.75) is 12.8 Å². The zero-order valence-electron chi connectivity index (χ0n) is 8.81. The van der Waals surface area contributed by atoms with Crippen LogP contribution in [0.5, 0.6) is 0 Å². The van der Waals surface area contributed by atoms with Gasteiger partial charge in [-0.25, -0.2) is 0 Å². The van der Waals surface area contributed by atoms with Crippen molar-refractivity contribution in [3.8, 4) is 0 Å². The lowest BCUT2D eigenvalue weighted by Crippen LogP contribution is -2.42. The van der Waals surface area contributed by atoms with Gasteiger partial charge < -0.3 is 11.5 Å². The zero-order chi connectivity index (χ0) is 10.5. The van der Waals surface area contributed by atoms with Crippen molar-refractivity contribution in [3.63, 3.8) is 0 Å². The van der Waals surface area contributed by atoms with Crippen LogP contribution in [0.1, 0.15) is 12.8 Å². The van der Waals surface area contributed by atoms with Gasteiger partial charge in [-0.1, -0.05) is 0 Å². The fourth-order valence-corrected chi connectivity index (χ4v) is 0.859. The predicted molar refractivity (Wildman–Crippen MR) is 59.4 cm³/mol. The highest BCUT2D eigenvalue weighted by Crippen LogP contribution is 1.66. The molecule has 6 heteroatoms. The van der Waals surface area contributed by atoms with Gasteiger partial charge in [-0.3, -0.25) is 21.7 Å². The molecule has 0 saturated carbocycles. The van der Waals surface area contributed by atoms with Gasteiger partial charge in [0, 0.05) is 26.2 Å². The summed E-state index contributed by atoms with van der Waals surface area (Å²) in [5.41, 5.74) is 23.0. The van der Waals surface area contributed by atoms with Gasteiger partial charge in [0.1, 0.15) is 0 Å². The minimum absolute atomic E-state index is 0.730. The van der Waals surface area contributed by atoms with Crippen LogP contribution < -0.4 is 33.2 Å². The van der Waals surface area contributed by atoms with E-state index in [-0.39, 0.29) is 0 Å². The Bertz CT molecular complexity index is 87.8. The Morgan fingerprint density at radius 1 is 0.571 bits per heavy atom. The number of nitrogens with two attached hydrogens (primary N) is 2. The molecule has 0 unspecified atom stereocenters. The van der Waals surface area contributed by atoms with Crippen LogP contribution in [0.15, 0.2) is 0 Å². The third-order valence-corrected chi connectivity index (χ3v) is 1.64. The molecule has 0 aliphatic rings. The topological polar surface area (TPSA) is 100 Å². The van der Waals surface area contributed by atoms with Crippen LogP contribution >= 0.6 is 0 Å². The second kappa shape index (κ2) is 12.8. The molecule has 0 bridgehead atoms. The molecule has 0 rings (SSSR count). The third kappa shape index (κ3) is 11.8. The lowest BCUT2D eigenvalue weighted by atomic mass is 10.4. The summed E-state index contributed by atoms with van der Waals surface area (Å²) in [4.78, 5) is 0. The van der Waals surface area contributed by atoms with E-state index in [4.69, 9.17) is 11.5 Å². The monoisotopic (exact) mass is 204 g/mol. The predicted octanol–water partition coefficient (Wildman–Crippen LogP) is -2.13. The SMILES string of the molecule is NCCCNNCCNNCCCN. The van der Waals surface area contributed by atoms with Crippen LogP contribution in [-0.2, 0) is 0 Å². The summed E-state index contributed by atoms with van der Waals surface area (Å²) in [7, 11) is 0. The summed E-state index contributed by atoms with van der Waals surface area (Å²) in [6.07, 6.45) is 1.99. The molecule has 0 saturated heterocycles. The quantitative estimate of drug-likeness (QED) is 0.170. The van der Waals surface area contributed by atoms with Gasteiger partial charge in [-0.2, -0.15) is 0 Å². The van der Waals surface area contributed by atoms with Crippen molar-refractivity contribution in [2.75, 3.05) is 39.3 Å². The molecule has 0 aliphatic heterocycles. The molecule has 0 radical (unpaired) electrons. The lowest BCUT2D eigenvalue weighted by Gasteiger charge is -2.08. The number of hydrogen-bond donors (Lipinski definition) is 6. The van der Waals surface area contributed by atoms with Gasteiger partial charge in [0.2, 0.25) is 0 Å². The van der Waals surface area contributed by atoms with Crippen LogP contribution in [0.2, 0.25) is 0 Å². The Kier molecular flexibility index (Phi) is 12.5. The second-order valence-corrected chi connectivity index (χ2v) is 2.99. The summed E-state index contributed by atoms with van der Waals surface area (Å²) in [6, 6.07) is 0. The van der Waals surface area contributed by atoms with Crippen LogP contribution in [0.25, 0.3) is 0 Å². The summed E-state index contributed by atoms with van der Waals surface area (Å²) < 4.78 is 0. The minimum Gasteiger partial charge on any atom is -0.330 e. The molecule has 0 aromatic heterocycles. The summed E-state index contributed by atoms with van der Waals surface area (Å²) >= 11 is 0. The first-order valence-corrected chi connectivity index (χ1v) is 5.23. The van der Waals surface area contributed by atoms with Gasteiger partial charge >= 0.3 is 0 Å². The highest BCUT2D eigenvalue weighted by molar-refractivity contribution is 4.48. The second-order valence-electron chi connectivity index (χ2n) is 2.99.